The van der Waals surface area contributed by atoms with Crippen LogP contribution in [0.2, 0.25) is 0 Å². The Kier molecular flexibility index (Phi) is 4.20. The first-order valence-corrected chi connectivity index (χ1v) is 5.16. The lowest BCUT2D eigenvalue weighted by Crippen LogP contribution is -2.11. The van der Waals surface area contributed by atoms with E-state index < -0.39 is 5.97 Å². The zero-order valence-corrected chi connectivity index (χ0v) is 10.3. The van der Waals surface area contributed by atoms with Crippen molar-refractivity contribution in [3.8, 4) is 17.2 Å². The monoisotopic (exact) mass is 240 g/mol. The Morgan fingerprint density at radius 3 is 2.24 bits per heavy atom. The second kappa shape index (κ2) is 5.43. The van der Waals surface area contributed by atoms with Gasteiger partial charge in [0.1, 0.15) is 5.56 Å². The molecule has 1 aromatic rings. The standard InChI is InChI=1S/C12H16O5/c1-7(2)17-10-8(12(13)14)5-6-9(15-3)11(10)16-4/h5-7H,1-4H3,(H,13,14). The van der Waals surface area contributed by atoms with E-state index in [4.69, 9.17) is 19.3 Å². The molecule has 1 aromatic carbocycles. The van der Waals surface area contributed by atoms with Crippen LogP contribution in [-0.4, -0.2) is 31.4 Å². The summed E-state index contributed by atoms with van der Waals surface area (Å²) in [5.74, 6) is -0.148. The van der Waals surface area contributed by atoms with Gasteiger partial charge < -0.3 is 19.3 Å². The van der Waals surface area contributed by atoms with E-state index >= 15 is 0 Å². The quantitative estimate of drug-likeness (QED) is 0.854. The molecule has 0 bridgehead atoms. The number of methoxy groups -OCH3 is 2. The number of aromatic carboxylic acids is 1. The van der Waals surface area contributed by atoms with Crippen LogP contribution in [0.4, 0.5) is 0 Å². The summed E-state index contributed by atoms with van der Waals surface area (Å²) >= 11 is 0. The number of carboxylic acids is 1. The van der Waals surface area contributed by atoms with Crippen molar-refractivity contribution in [3.05, 3.63) is 17.7 Å². The average molecular weight is 240 g/mol. The molecule has 0 spiro atoms. The third-order valence-corrected chi connectivity index (χ3v) is 2.08. The van der Waals surface area contributed by atoms with Gasteiger partial charge >= 0.3 is 5.97 Å². The zero-order valence-electron chi connectivity index (χ0n) is 10.3. The van der Waals surface area contributed by atoms with Crippen molar-refractivity contribution < 1.29 is 24.1 Å². The van der Waals surface area contributed by atoms with Gasteiger partial charge in [-0.25, -0.2) is 4.79 Å². The van der Waals surface area contributed by atoms with Crippen LogP contribution in [0.5, 0.6) is 17.2 Å². The van der Waals surface area contributed by atoms with Crippen LogP contribution in [0, 0.1) is 0 Å². The smallest absolute Gasteiger partial charge is 0.339 e. The second-order valence-corrected chi connectivity index (χ2v) is 3.65. The highest BCUT2D eigenvalue weighted by atomic mass is 16.5. The van der Waals surface area contributed by atoms with Gasteiger partial charge in [0.05, 0.1) is 20.3 Å². The molecule has 5 heteroatoms. The summed E-state index contributed by atoms with van der Waals surface area (Å²) in [6.45, 7) is 3.62. The Hall–Kier alpha value is -1.91. The molecule has 5 nitrogen and oxygen atoms in total. The van der Waals surface area contributed by atoms with Gasteiger partial charge in [-0.1, -0.05) is 0 Å². The molecule has 0 amide bonds. The molecule has 0 radical (unpaired) electrons. The second-order valence-electron chi connectivity index (χ2n) is 3.65. The summed E-state index contributed by atoms with van der Waals surface area (Å²) < 4.78 is 15.7. The molecule has 0 aliphatic carbocycles. The summed E-state index contributed by atoms with van der Waals surface area (Å²) in [4.78, 5) is 11.1. The van der Waals surface area contributed by atoms with Crippen LogP contribution in [0.15, 0.2) is 12.1 Å². The lowest BCUT2D eigenvalue weighted by Gasteiger charge is -2.17. The van der Waals surface area contributed by atoms with E-state index in [0.717, 1.165) is 0 Å². The number of hydrogen-bond acceptors (Lipinski definition) is 4. The van der Waals surface area contributed by atoms with Gasteiger partial charge in [-0.3, -0.25) is 0 Å². The molecule has 0 heterocycles. The van der Waals surface area contributed by atoms with Crippen LogP contribution in [-0.2, 0) is 0 Å². The Labute approximate surface area is 99.9 Å². The van der Waals surface area contributed by atoms with Gasteiger partial charge in [0.15, 0.2) is 11.5 Å². The number of rotatable bonds is 5. The zero-order chi connectivity index (χ0) is 13.0. The fraction of sp³-hybridized carbons (Fsp3) is 0.417. The third-order valence-electron chi connectivity index (χ3n) is 2.08. The minimum absolute atomic E-state index is 0.0522. The topological polar surface area (TPSA) is 65.0 Å². The van der Waals surface area contributed by atoms with Crippen LogP contribution >= 0.6 is 0 Å². The van der Waals surface area contributed by atoms with E-state index in [1.807, 2.05) is 13.8 Å². The van der Waals surface area contributed by atoms with Gasteiger partial charge in [-0.2, -0.15) is 0 Å². The van der Waals surface area contributed by atoms with Gasteiger partial charge in [-0.15, -0.1) is 0 Å². The highest BCUT2D eigenvalue weighted by molar-refractivity contribution is 5.92. The fourth-order valence-corrected chi connectivity index (χ4v) is 1.42. The van der Waals surface area contributed by atoms with E-state index in [-0.39, 0.29) is 17.4 Å². The maximum absolute atomic E-state index is 11.1. The van der Waals surface area contributed by atoms with Crippen molar-refractivity contribution in [2.45, 2.75) is 20.0 Å². The molecule has 1 rings (SSSR count). The molecule has 0 fully saturated rings. The molecule has 0 aliphatic rings. The maximum atomic E-state index is 11.1. The van der Waals surface area contributed by atoms with Gasteiger partial charge in [0.25, 0.3) is 0 Å². The van der Waals surface area contributed by atoms with Crippen molar-refractivity contribution in [1.29, 1.82) is 0 Å². The summed E-state index contributed by atoms with van der Waals surface area (Å²) in [6, 6.07) is 2.97. The molecule has 0 saturated heterocycles. The fourth-order valence-electron chi connectivity index (χ4n) is 1.42. The first-order valence-electron chi connectivity index (χ1n) is 5.16. The minimum Gasteiger partial charge on any atom is -0.493 e. The van der Waals surface area contributed by atoms with Crippen molar-refractivity contribution in [1.82, 2.24) is 0 Å². The Bertz CT molecular complexity index is 412. The van der Waals surface area contributed by atoms with Crippen molar-refractivity contribution in [3.63, 3.8) is 0 Å². The molecule has 0 aromatic heterocycles. The Morgan fingerprint density at radius 2 is 1.82 bits per heavy atom. The summed E-state index contributed by atoms with van der Waals surface area (Å²) in [6.07, 6.45) is -0.158. The van der Waals surface area contributed by atoms with Gasteiger partial charge in [0, 0.05) is 0 Å². The first kappa shape index (κ1) is 13.2. The number of hydrogen-bond donors (Lipinski definition) is 1. The predicted octanol–water partition coefficient (Wildman–Crippen LogP) is 2.19. The first-order chi connectivity index (χ1) is 8.01. The van der Waals surface area contributed by atoms with E-state index in [0.29, 0.717) is 11.5 Å². The number of ether oxygens (including phenoxy) is 3. The summed E-state index contributed by atoms with van der Waals surface area (Å²) in [5, 5.41) is 9.09. The van der Waals surface area contributed by atoms with Crippen LogP contribution in [0.1, 0.15) is 24.2 Å². The third kappa shape index (κ3) is 2.81. The van der Waals surface area contributed by atoms with Crippen LogP contribution in [0.25, 0.3) is 0 Å². The molecule has 0 saturated carbocycles. The summed E-state index contributed by atoms with van der Waals surface area (Å²) in [7, 11) is 2.92. The van der Waals surface area contributed by atoms with Crippen molar-refractivity contribution in [2.24, 2.45) is 0 Å². The lowest BCUT2D eigenvalue weighted by molar-refractivity contribution is 0.0689. The van der Waals surface area contributed by atoms with Crippen molar-refractivity contribution >= 4 is 5.97 Å². The molecule has 0 atom stereocenters. The molecular weight excluding hydrogens is 224 g/mol. The van der Waals surface area contributed by atoms with E-state index in [1.165, 1.54) is 26.4 Å². The van der Waals surface area contributed by atoms with Gasteiger partial charge in [0.2, 0.25) is 5.75 Å². The van der Waals surface area contributed by atoms with Crippen molar-refractivity contribution in [2.75, 3.05) is 14.2 Å². The number of benzene rings is 1. The summed E-state index contributed by atoms with van der Waals surface area (Å²) in [5.41, 5.74) is 0.0522. The normalized spacial score (nSPS) is 10.2. The van der Waals surface area contributed by atoms with Crippen LogP contribution < -0.4 is 14.2 Å². The highest BCUT2D eigenvalue weighted by Gasteiger charge is 2.21. The molecular formula is C12H16O5. The highest BCUT2D eigenvalue weighted by Crippen LogP contribution is 2.40. The number of carbonyl (C=O) groups is 1. The number of carboxylic acid groups (broad SMARTS) is 1. The average Bonchev–Trinajstić information content (AvgIpc) is 2.27. The molecule has 1 N–H and O–H groups in total. The van der Waals surface area contributed by atoms with E-state index in [2.05, 4.69) is 0 Å². The lowest BCUT2D eigenvalue weighted by atomic mass is 10.1. The van der Waals surface area contributed by atoms with Gasteiger partial charge in [-0.05, 0) is 26.0 Å². The SMILES string of the molecule is COc1ccc(C(=O)O)c(OC(C)C)c1OC. The van der Waals surface area contributed by atoms with E-state index in [1.54, 1.807) is 0 Å². The Morgan fingerprint density at radius 1 is 1.18 bits per heavy atom. The maximum Gasteiger partial charge on any atom is 0.339 e. The molecule has 0 aliphatic heterocycles. The van der Waals surface area contributed by atoms with E-state index in [9.17, 15) is 4.79 Å². The largest absolute Gasteiger partial charge is 0.493 e. The molecule has 94 valence electrons. The minimum atomic E-state index is -1.07. The Balaban J connectivity index is 3.38. The molecule has 0 unspecified atom stereocenters. The predicted molar refractivity (Wildman–Crippen MR) is 62.3 cm³/mol. The van der Waals surface area contributed by atoms with Crippen LogP contribution in [0.3, 0.4) is 0 Å². The molecule has 17 heavy (non-hydrogen) atoms.